The van der Waals surface area contributed by atoms with Gasteiger partial charge in [0.05, 0.1) is 6.54 Å². The van der Waals surface area contributed by atoms with Gasteiger partial charge in [0.1, 0.15) is 6.61 Å². The van der Waals surface area contributed by atoms with Gasteiger partial charge in [-0.2, -0.15) is 5.10 Å². The maximum atomic E-state index is 12.2. The number of hydrogen-bond donors (Lipinski definition) is 0. The predicted molar refractivity (Wildman–Crippen MR) is 85.1 cm³/mol. The van der Waals surface area contributed by atoms with Gasteiger partial charge in [-0.3, -0.25) is 4.90 Å². The van der Waals surface area contributed by atoms with E-state index in [0.29, 0.717) is 19.0 Å². The molecule has 1 saturated heterocycles. The molecule has 1 unspecified atom stereocenters. The van der Waals surface area contributed by atoms with Crippen LogP contribution in [0.5, 0.6) is 0 Å². The van der Waals surface area contributed by atoms with E-state index < -0.39 is 5.97 Å². The standard InChI is InChI=1S/C17H18N4O2/c1-2-10-20-11-4-6-14(20)13-23-17(22)15-7-3-8-16(19-15)21-12-5-9-18-21/h1,3,5,7-9,12,14H,4,6,10-11,13H2. The van der Waals surface area contributed by atoms with Crippen LogP contribution in [0.4, 0.5) is 0 Å². The molecule has 0 aliphatic carbocycles. The average Bonchev–Trinajstić information content (AvgIpc) is 3.25. The molecule has 1 aliphatic rings. The number of esters is 1. The quantitative estimate of drug-likeness (QED) is 0.619. The van der Waals surface area contributed by atoms with Gasteiger partial charge in [0.15, 0.2) is 11.5 Å². The maximum Gasteiger partial charge on any atom is 0.357 e. The van der Waals surface area contributed by atoms with Crippen LogP contribution in [0.3, 0.4) is 0 Å². The first kappa shape index (κ1) is 15.3. The van der Waals surface area contributed by atoms with Gasteiger partial charge in [-0.15, -0.1) is 6.42 Å². The second kappa shape index (κ2) is 7.07. The number of pyridine rings is 1. The van der Waals surface area contributed by atoms with E-state index in [2.05, 4.69) is 20.9 Å². The first-order valence-corrected chi connectivity index (χ1v) is 7.59. The van der Waals surface area contributed by atoms with Crippen molar-refractivity contribution in [3.8, 4) is 18.2 Å². The Morgan fingerprint density at radius 2 is 2.35 bits per heavy atom. The molecule has 0 aromatic carbocycles. The van der Waals surface area contributed by atoms with Crippen molar-refractivity contribution in [1.82, 2.24) is 19.7 Å². The van der Waals surface area contributed by atoms with E-state index in [1.807, 2.05) is 0 Å². The molecule has 23 heavy (non-hydrogen) atoms. The Morgan fingerprint density at radius 3 is 3.13 bits per heavy atom. The number of likely N-dealkylation sites (tertiary alicyclic amines) is 1. The summed E-state index contributed by atoms with van der Waals surface area (Å²) in [5, 5.41) is 4.10. The second-order valence-electron chi connectivity index (χ2n) is 5.40. The van der Waals surface area contributed by atoms with Crippen molar-refractivity contribution in [2.24, 2.45) is 0 Å². The zero-order valence-corrected chi connectivity index (χ0v) is 12.8. The third-order valence-corrected chi connectivity index (χ3v) is 3.88. The van der Waals surface area contributed by atoms with E-state index in [0.717, 1.165) is 19.4 Å². The molecule has 0 radical (unpaired) electrons. The topological polar surface area (TPSA) is 60.2 Å². The summed E-state index contributed by atoms with van der Waals surface area (Å²) in [6.45, 7) is 1.89. The highest BCUT2D eigenvalue weighted by atomic mass is 16.5. The first-order chi connectivity index (χ1) is 11.3. The van der Waals surface area contributed by atoms with Crippen LogP contribution in [0.25, 0.3) is 5.82 Å². The van der Waals surface area contributed by atoms with Crippen molar-refractivity contribution in [1.29, 1.82) is 0 Å². The minimum absolute atomic E-state index is 0.198. The van der Waals surface area contributed by atoms with E-state index in [1.54, 1.807) is 41.3 Å². The van der Waals surface area contributed by atoms with Gasteiger partial charge in [0, 0.05) is 18.4 Å². The molecule has 0 spiro atoms. The van der Waals surface area contributed by atoms with Crippen molar-refractivity contribution < 1.29 is 9.53 Å². The third-order valence-electron chi connectivity index (χ3n) is 3.88. The molecule has 0 saturated carbocycles. The molecular formula is C17H18N4O2. The van der Waals surface area contributed by atoms with Crippen LogP contribution >= 0.6 is 0 Å². The van der Waals surface area contributed by atoms with Crippen LogP contribution in [0.1, 0.15) is 23.3 Å². The molecule has 1 aliphatic heterocycles. The number of ether oxygens (including phenoxy) is 1. The molecular weight excluding hydrogens is 292 g/mol. The second-order valence-corrected chi connectivity index (χ2v) is 5.40. The van der Waals surface area contributed by atoms with Crippen molar-refractivity contribution in [3.63, 3.8) is 0 Å². The molecule has 2 aromatic heterocycles. The third kappa shape index (κ3) is 3.58. The molecule has 0 N–H and O–H groups in total. The average molecular weight is 310 g/mol. The van der Waals surface area contributed by atoms with Crippen LogP contribution < -0.4 is 0 Å². The highest BCUT2D eigenvalue weighted by Gasteiger charge is 2.25. The summed E-state index contributed by atoms with van der Waals surface area (Å²) in [6.07, 6.45) is 10.9. The SMILES string of the molecule is C#CCN1CCCC1COC(=O)c1cccc(-n2cccn2)n1. The summed E-state index contributed by atoms with van der Waals surface area (Å²) < 4.78 is 7.02. The molecule has 1 fully saturated rings. The molecule has 6 nitrogen and oxygen atoms in total. The number of carbonyl (C=O) groups excluding carboxylic acids is 1. The zero-order valence-electron chi connectivity index (χ0n) is 12.8. The Balaban J connectivity index is 1.63. The Kier molecular flexibility index (Phi) is 4.69. The molecule has 118 valence electrons. The van der Waals surface area contributed by atoms with Gasteiger partial charge < -0.3 is 4.74 Å². The van der Waals surface area contributed by atoms with Gasteiger partial charge in [0.2, 0.25) is 0 Å². The van der Waals surface area contributed by atoms with Crippen molar-refractivity contribution in [2.75, 3.05) is 19.7 Å². The normalized spacial score (nSPS) is 17.8. The fraction of sp³-hybridized carbons (Fsp3) is 0.353. The number of hydrogen-bond acceptors (Lipinski definition) is 5. The molecule has 3 rings (SSSR count). The summed E-state index contributed by atoms with van der Waals surface area (Å²) in [5.41, 5.74) is 0.277. The number of nitrogens with zero attached hydrogens (tertiary/aromatic N) is 4. The number of carbonyl (C=O) groups is 1. The molecule has 2 aromatic rings. The van der Waals surface area contributed by atoms with E-state index in [9.17, 15) is 4.79 Å². The van der Waals surface area contributed by atoms with E-state index in [4.69, 9.17) is 11.2 Å². The number of rotatable bonds is 5. The highest BCUT2D eigenvalue weighted by Crippen LogP contribution is 2.17. The fourth-order valence-corrected chi connectivity index (χ4v) is 2.72. The smallest absolute Gasteiger partial charge is 0.357 e. The van der Waals surface area contributed by atoms with Crippen molar-refractivity contribution in [2.45, 2.75) is 18.9 Å². The number of terminal acetylenes is 1. The largest absolute Gasteiger partial charge is 0.459 e. The van der Waals surface area contributed by atoms with Crippen LogP contribution in [-0.2, 0) is 4.74 Å². The molecule has 0 amide bonds. The Bertz CT molecular complexity index is 706. The summed E-state index contributed by atoms with van der Waals surface area (Å²) >= 11 is 0. The lowest BCUT2D eigenvalue weighted by Crippen LogP contribution is -2.34. The van der Waals surface area contributed by atoms with Gasteiger partial charge in [-0.05, 0) is 37.6 Å². The fourth-order valence-electron chi connectivity index (χ4n) is 2.72. The van der Waals surface area contributed by atoms with Crippen molar-refractivity contribution >= 4 is 5.97 Å². The van der Waals surface area contributed by atoms with Crippen LogP contribution in [-0.4, -0.2) is 51.4 Å². The minimum Gasteiger partial charge on any atom is -0.459 e. The lowest BCUT2D eigenvalue weighted by Gasteiger charge is -2.21. The molecule has 0 bridgehead atoms. The van der Waals surface area contributed by atoms with Gasteiger partial charge in [-0.1, -0.05) is 12.0 Å². The molecule has 1 atom stereocenters. The summed E-state index contributed by atoms with van der Waals surface area (Å²) in [6, 6.07) is 7.19. The first-order valence-electron chi connectivity index (χ1n) is 7.59. The van der Waals surface area contributed by atoms with Gasteiger partial charge in [-0.25, -0.2) is 14.5 Å². The summed E-state index contributed by atoms with van der Waals surface area (Å²) in [7, 11) is 0. The minimum atomic E-state index is -0.424. The Labute approximate surface area is 135 Å². The Hall–Kier alpha value is -2.65. The predicted octanol–water partition coefficient (Wildman–Crippen LogP) is 1.52. The molecule has 3 heterocycles. The zero-order chi connectivity index (χ0) is 16.1. The monoisotopic (exact) mass is 310 g/mol. The van der Waals surface area contributed by atoms with Crippen LogP contribution in [0.2, 0.25) is 0 Å². The maximum absolute atomic E-state index is 12.2. The summed E-state index contributed by atoms with van der Waals surface area (Å²) in [4.78, 5) is 18.7. The highest BCUT2D eigenvalue weighted by molar-refractivity contribution is 5.87. The summed E-state index contributed by atoms with van der Waals surface area (Å²) in [5.74, 6) is 2.80. The lowest BCUT2D eigenvalue weighted by molar-refractivity contribution is 0.0401. The number of aromatic nitrogens is 3. The van der Waals surface area contributed by atoms with Gasteiger partial charge in [0.25, 0.3) is 0 Å². The van der Waals surface area contributed by atoms with Gasteiger partial charge >= 0.3 is 5.97 Å². The van der Waals surface area contributed by atoms with E-state index in [1.165, 1.54) is 0 Å². The lowest BCUT2D eigenvalue weighted by atomic mass is 10.2. The van der Waals surface area contributed by atoms with E-state index in [-0.39, 0.29) is 11.7 Å². The van der Waals surface area contributed by atoms with Crippen LogP contribution in [0, 0.1) is 12.3 Å². The van der Waals surface area contributed by atoms with Crippen LogP contribution in [0.15, 0.2) is 36.7 Å². The Morgan fingerprint density at radius 1 is 1.43 bits per heavy atom. The van der Waals surface area contributed by atoms with E-state index >= 15 is 0 Å². The van der Waals surface area contributed by atoms with Crippen molar-refractivity contribution in [3.05, 3.63) is 42.4 Å². The molecule has 6 heteroatoms.